The summed E-state index contributed by atoms with van der Waals surface area (Å²) in [6.45, 7) is 5.28. The molecule has 1 amide bonds. The summed E-state index contributed by atoms with van der Waals surface area (Å²) in [4.78, 5) is 12.5. The average Bonchev–Trinajstić information content (AvgIpc) is 2.00. The highest BCUT2D eigenvalue weighted by molar-refractivity contribution is 5.86. The Kier molecular flexibility index (Phi) is 3.72. The van der Waals surface area contributed by atoms with Gasteiger partial charge in [0.1, 0.15) is 0 Å². The summed E-state index contributed by atoms with van der Waals surface area (Å²) in [6.07, 6.45) is 1.36. The summed E-state index contributed by atoms with van der Waals surface area (Å²) in [7, 11) is 3.53. The summed E-state index contributed by atoms with van der Waals surface area (Å²) in [5.74, 6) is -0.0677. The third-order valence-corrected chi connectivity index (χ3v) is 1.52. The molecule has 0 bridgehead atoms. The Bertz CT molecular complexity index is 134. The zero-order valence-electron chi connectivity index (χ0n) is 6.72. The van der Waals surface area contributed by atoms with E-state index in [0.29, 0.717) is 0 Å². The molecular formula is C7H14N2O. The van der Waals surface area contributed by atoms with Crippen LogP contribution in [0.25, 0.3) is 0 Å². The van der Waals surface area contributed by atoms with Gasteiger partial charge in [0.25, 0.3) is 0 Å². The van der Waals surface area contributed by atoms with Crippen molar-refractivity contribution in [1.29, 1.82) is 0 Å². The predicted molar refractivity (Wildman–Crippen MR) is 41.5 cm³/mol. The number of amides is 1. The Morgan fingerprint density at radius 1 is 1.80 bits per heavy atom. The van der Waals surface area contributed by atoms with Gasteiger partial charge in [-0.1, -0.05) is 6.58 Å². The van der Waals surface area contributed by atoms with Gasteiger partial charge in [0.2, 0.25) is 5.91 Å². The molecule has 0 radical (unpaired) electrons. The second kappa shape index (κ2) is 4.06. The van der Waals surface area contributed by atoms with Gasteiger partial charge in [-0.15, -0.1) is 0 Å². The van der Waals surface area contributed by atoms with Gasteiger partial charge < -0.3 is 10.2 Å². The highest BCUT2D eigenvalue weighted by Gasteiger charge is 2.08. The lowest BCUT2D eigenvalue weighted by molar-refractivity contribution is -0.126. The molecule has 0 aliphatic carbocycles. The molecule has 0 fully saturated rings. The third kappa shape index (κ3) is 2.19. The Morgan fingerprint density at radius 2 is 2.30 bits per heavy atom. The first-order valence-corrected chi connectivity index (χ1v) is 3.20. The molecule has 0 aliphatic rings. The molecule has 0 aromatic heterocycles. The molecule has 0 spiro atoms. The molecule has 0 aromatic rings. The van der Waals surface area contributed by atoms with Crippen LogP contribution in [-0.4, -0.2) is 31.1 Å². The van der Waals surface area contributed by atoms with E-state index in [0.717, 1.165) is 0 Å². The van der Waals surface area contributed by atoms with Crippen LogP contribution in [0.1, 0.15) is 6.92 Å². The van der Waals surface area contributed by atoms with Crippen molar-refractivity contribution in [2.24, 2.45) is 0 Å². The standard InChI is InChI=1S/C7H14N2O/c1-5-7(10)9(4)6(2)8-3/h5-6,8H,1H2,2-4H3. The molecule has 0 aliphatic heterocycles. The first kappa shape index (κ1) is 9.17. The molecule has 1 atom stereocenters. The summed E-state index contributed by atoms with van der Waals surface area (Å²) < 4.78 is 0. The van der Waals surface area contributed by atoms with Gasteiger partial charge >= 0.3 is 0 Å². The van der Waals surface area contributed by atoms with Crippen molar-refractivity contribution in [2.75, 3.05) is 14.1 Å². The average molecular weight is 142 g/mol. The Morgan fingerprint density at radius 3 is 2.60 bits per heavy atom. The van der Waals surface area contributed by atoms with E-state index in [4.69, 9.17) is 0 Å². The van der Waals surface area contributed by atoms with Crippen molar-refractivity contribution in [2.45, 2.75) is 13.1 Å². The maximum atomic E-state index is 10.9. The number of rotatable bonds is 3. The topological polar surface area (TPSA) is 32.3 Å². The third-order valence-electron chi connectivity index (χ3n) is 1.52. The predicted octanol–water partition coefficient (Wildman–Crippen LogP) is 0.196. The molecule has 3 heteroatoms. The lowest BCUT2D eigenvalue weighted by Gasteiger charge is -2.22. The van der Waals surface area contributed by atoms with Crippen LogP contribution in [0.4, 0.5) is 0 Å². The smallest absolute Gasteiger partial charge is 0.246 e. The van der Waals surface area contributed by atoms with E-state index in [-0.39, 0.29) is 12.1 Å². The molecule has 58 valence electrons. The van der Waals surface area contributed by atoms with Gasteiger partial charge in [-0.3, -0.25) is 4.79 Å². The van der Waals surface area contributed by atoms with E-state index in [1.165, 1.54) is 6.08 Å². The van der Waals surface area contributed by atoms with Gasteiger partial charge in [-0.2, -0.15) is 0 Å². The number of carbonyl (C=O) groups excluding carboxylic acids is 1. The van der Waals surface area contributed by atoms with Crippen molar-refractivity contribution in [3.63, 3.8) is 0 Å². The Balaban J connectivity index is 3.93. The minimum atomic E-state index is -0.0677. The van der Waals surface area contributed by atoms with E-state index in [2.05, 4.69) is 11.9 Å². The van der Waals surface area contributed by atoms with Gasteiger partial charge in [-0.05, 0) is 20.0 Å². The monoisotopic (exact) mass is 142 g/mol. The molecule has 0 aromatic carbocycles. The summed E-state index contributed by atoms with van der Waals surface area (Å²) >= 11 is 0. The van der Waals surface area contributed by atoms with Gasteiger partial charge in [0.15, 0.2) is 0 Å². The van der Waals surface area contributed by atoms with Crippen molar-refractivity contribution in [1.82, 2.24) is 10.2 Å². The second-order valence-electron chi connectivity index (χ2n) is 2.12. The fraction of sp³-hybridized carbons (Fsp3) is 0.571. The zero-order chi connectivity index (χ0) is 8.15. The number of hydrogen-bond acceptors (Lipinski definition) is 2. The van der Waals surface area contributed by atoms with Crippen LogP contribution in [-0.2, 0) is 4.79 Å². The van der Waals surface area contributed by atoms with Crippen LogP contribution in [0.15, 0.2) is 12.7 Å². The number of likely N-dealkylation sites (N-methyl/N-ethyl adjacent to an activating group) is 1. The fourth-order valence-corrected chi connectivity index (χ4v) is 0.529. The molecule has 0 heterocycles. The van der Waals surface area contributed by atoms with Gasteiger partial charge in [0, 0.05) is 7.05 Å². The number of hydrogen-bond donors (Lipinski definition) is 1. The Hall–Kier alpha value is -0.830. The minimum absolute atomic E-state index is 0.0606. The molecule has 3 nitrogen and oxygen atoms in total. The molecule has 10 heavy (non-hydrogen) atoms. The number of nitrogens with one attached hydrogen (secondary N) is 1. The van der Waals surface area contributed by atoms with E-state index >= 15 is 0 Å². The molecule has 0 rings (SSSR count). The number of carbonyl (C=O) groups is 1. The van der Waals surface area contributed by atoms with Crippen molar-refractivity contribution in [3.8, 4) is 0 Å². The maximum absolute atomic E-state index is 10.9. The van der Waals surface area contributed by atoms with E-state index in [1.807, 2.05) is 6.92 Å². The largest absolute Gasteiger partial charge is 0.327 e. The van der Waals surface area contributed by atoms with Gasteiger partial charge in [0.05, 0.1) is 6.17 Å². The summed E-state index contributed by atoms with van der Waals surface area (Å²) in [5, 5.41) is 2.94. The fourth-order valence-electron chi connectivity index (χ4n) is 0.529. The molecule has 1 unspecified atom stereocenters. The van der Waals surface area contributed by atoms with E-state index in [9.17, 15) is 4.79 Å². The highest BCUT2D eigenvalue weighted by atomic mass is 16.2. The second-order valence-corrected chi connectivity index (χ2v) is 2.12. The van der Waals surface area contributed by atoms with E-state index in [1.54, 1.807) is 19.0 Å². The first-order chi connectivity index (χ1) is 4.63. The first-order valence-electron chi connectivity index (χ1n) is 3.20. The van der Waals surface area contributed by atoms with Gasteiger partial charge in [-0.25, -0.2) is 0 Å². The van der Waals surface area contributed by atoms with Crippen LogP contribution in [0.2, 0.25) is 0 Å². The normalized spacial score (nSPS) is 12.3. The van der Waals surface area contributed by atoms with Crippen LogP contribution < -0.4 is 5.32 Å². The van der Waals surface area contributed by atoms with E-state index < -0.39 is 0 Å². The summed E-state index contributed by atoms with van der Waals surface area (Å²) in [6, 6.07) is 0. The molecule has 1 N–H and O–H groups in total. The quantitative estimate of drug-likeness (QED) is 0.451. The van der Waals surface area contributed by atoms with Crippen LogP contribution in [0, 0.1) is 0 Å². The molecule has 0 saturated heterocycles. The lowest BCUT2D eigenvalue weighted by Crippen LogP contribution is -2.42. The lowest BCUT2D eigenvalue weighted by atomic mass is 10.4. The Labute approximate surface area is 61.7 Å². The SMILES string of the molecule is C=CC(=O)N(C)C(C)NC. The molecule has 0 saturated carbocycles. The summed E-state index contributed by atoms with van der Waals surface area (Å²) in [5.41, 5.74) is 0. The van der Waals surface area contributed by atoms with Crippen LogP contribution in [0.3, 0.4) is 0 Å². The maximum Gasteiger partial charge on any atom is 0.246 e. The zero-order valence-corrected chi connectivity index (χ0v) is 6.72. The minimum Gasteiger partial charge on any atom is -0.327 e. The van der Waals surface area contributed by atoms with Crippen molar-refractivity contribution in [3.05, 3.63) is 12.7 Å². The van der Waals surface area contributed by atoms with Crippen molar-refractivity contribution >= 4 is 5.91 Å². The number of nitrogens with zero attached hydrogens (tertiary/aromatic N) is 1. The van der Waals surface area contributed by atoms with Crippen molar-refractivity contribution < 1.29 is 4.79 Å². The highest BCUT2D eigenvalue weighted by Crippen LogP contribution is 1.90. The van der Waals surface area contributed by atoms with Crippen LogP contribution >= 0.6 is 0 Å². The van der Waals surface area contributed by atoms with Crippen LogP contribution in [0.5, 0.6) is 0 Å². The molecular weight excluding hydrogens is 128 g/mol.